The van der Waals surface area contributed by atoms with Crippen LogP contribution < -0.4 is 10.5 Å². The average Bonchev–Trinajstić information content (AvgIpc) is 2.39. The number of nitrogens with one attached hydrogen (secondary N) is 1. The molecule has 0 unspecified atom stereocenters. The van der Waals surface area contributed by atoms with Crippen molar-refractivity contribution in [2.24, 2.45) is 0 Å². The third-order valence-electron chi connectivity index (χ3n) is 3.56. The van der Waals surface area contributed by atoms with Gasteiger partial charge in [-0.3, -0.25) is 0 Å². The molecule has 0 atom stereocenters. The molecule has 0 saturated heterocycles. The Morgan fingerprint density at radius 2 is 1.55 bits per heavy atom. The van der Waals surface area contributed by atoms with Gasteiger partial charge in [0.25, 0.3) is 0 Å². The van der Waals surface area contributed by atoms with Gasteiger partial charge in [-0.1, -0.05) is 29.8 Å². The highest BCUT2D eigenvalue weighted by atomic mass is 32.2. The SMILES string of the molecule is Cc1cc(C)c(S(=O)(=O)NCCc2ccc(N)cc2)c(C)c1. The van der Waals surface area contributed by atoms with Gasteiger partial charge in [0, 0.05) is 12.2 Å². The molecule has 3 N–H and O–H groups in total. The summed E-state index contributed by atoms with van der Waals surface area (Å²) in [6, 6.07) is 11.2. The Morgan fingerprint density at radius 1 is 1.00 bits per heavy atom. The first-order valence-corrected chi connectivity index (χ1v) is 8.70. The van der Waals surface area contributed by atoms with E-state index in [1.165, 1.54) is 0 Å². The second-order valence-electron chi connectivity index (χ2n) is 5.62. The average molecular weight is 318 g/mol. The monoisotopic (exact) mass is 318 g/mol. The Bertz CT molecular complexity index is 743. The Morgan fingerprint density at radius 3 is 2.09 bits per heavy atom. The number of nitrogens with two attached hydrogens (primary N) is 1. The van der Waals surface area contributed by atoms with E-state index in [2.05, 4.69) is 4.72 Å². The van der Waals surface area contributed by atoms with E-state index in [9.17, 15) is 8.42 Å². The Labute approximate surface area is 132 Å². The maximum absolute atomic E-state index is 12.5. The van der Waals surface area contributed by atoms with E-state index in [-0.39, 0.29) is 0 Å². The van der Waals surface area contributed by atoms with Crippen molar-refractivity contribution in [1.29, 1.82) is 0 Å². The third-order valence-corrected chi connectivity index (χ3v) is 5.32. The van der Waals surface area contributed by atoms with Crippen LogP contribution in [0.1, 0.15) is 22.3 Å². The molecule has 0 heterocycles. The van der Waals surface area contributed by atoms with Crippen molar-refractivity contribution >= 4 is 15.7 Å². The van der Waals surface area contributed by atoms with Crippen LogP contribution in [-0.2, 0) is 16.4 Å². The Balaban J connectivity index is 2.10. The highest BCUT2D eigenvalue weighted by Crippen LogP contribution is 2.21. The number of anilines is 1. The van der Waals surface area contributed by atoms with E-state index < -0.39 is 10.0 Å². The predicted octanol–water partition coefficient (Wildman–Crippen LogP) is 2.72. The van der Waals surface area contributed by atoms with Crippen LogP contribution in [0, 0.1) is 20.8 Å². The minimum atomic E-state index is -3.49. The molecule has 0 fully saturated rings. The van der Waals surface area contributed by atoms with Crippen molar-refractivity contribution in [2.75, 3.05) is 12.3 Å². The molecule has 0 radical (unpaired) electrons. The summed E-state index contributed by atoms with van der Waals surface area (Å²) in [5.41, 5.74) is 10.0. The van der Waals surface area contributed by atoms with Crippen LogP contribution in [0.3, 0.4) is 0 Å². The van der Waals surface area contributed by atoms with Gasteiger partial charge in [-0.2, -0.15) is 0 Å². The molecule has 0 aromatic heterocycles. The topological polar surface area (TPSA) is 72.2 Å². The molecule has 0 aliphatic heterocycles. The lowest BCUT2D eigenvalue weighted by Gasteiger charge is -2.13. The van der Waals surface area contributed by atoms with Crippen LogP contribution in [0.2, 0.25) is 0 Å². The number of benzene rings is 2. The number of hydrogen-bond donors (Lipinski definition) is 2. The van der Waals surface area contributed by atoms with Gasteiger partial charge in [-0.15, -0.1) is 0 Å². The summed E-state index contributed by atoms with van der Waals surface area (Å²) < 4.78 is 27.7. The van der Waals surface area contributed by atoms with Crippen molar-refractivity contribution in [1.82, 2.24) is 4.72 Å². The highest BCUT2D eigenvalue weighted by Gasteiger charge is 2.19. The molecule has 2 rings (SSSR count). The Kier molecular flexibility index (Phi) is 4.88. The molecular weight excluding hydrogens is 296 g/mol. The first-order chi connectivity index (χ1) is 10.3. The summed E-state index contributed by atoms with van der Waals surface area (Å²) in [5.74, 6) is 0. The van der Waals surface area contributed by atoms with Gasteiger partial charge in [0.1, 0.15) is 0 Å². The lowest BCUT2D eigenvalue weighted by atomic mass is 10.1. The molecule has 0 aliphatic carbocycles. The lowest BCUT2D eigenvalue weighted by Crippen LogP contribution is -2.27. The van der Waals surface area contributed by atoms with E-state index in [0.717, 1.165) is 22.3 Å². The van der Waals surface area contributed by atoms with E-state index in [1.807, 2.05) is 57.2 Å². The van der Waals surface area contributed by atoms with E-state index in [0.29, 0.717) is 23.5 Å². The van der Waals surface area contributed by atoms with Crippen LogP contribution in [-0.4, -0.2) is 15.0 Å². The summed E-state index contributed by atoms with van der Waals surface area (Å²) in [6.45, 7) is 5.98. The maximum atomic E-state index is 12.5. The number of rotatable bonds is 5. The fourth-order valence-corrected chi connectivity index (χ4v) is 4.16. The van der Waals surface area contributed by atoms with Crippen molar-refractivity contribution in [3.63, 3.8) is 0 Å². The lowest BCUT2D eigenvalue weighted by molar-refractivity contribution is 0.580. The largest absolute Gasteiger partial charge is 0.399 e. The van der Waals surface area contributed by atoms with E-state index in [1.54, 1.807) is 0 Å². The van der Waals surface area contributed by atoms with Crippen LogP contribution in [0.15, 0.2) is 41.3 Å². The predicted molar refractivity (Wildman–Crippen MR) is 90.4 cm³/mol. The van der Waals surface area contributed by atoms with Gasteiger partial charge in [-0.05, 0) is 56.0 Å². The number of sulfonamides is 1. The van der Waals surface area contributed by atoms with E-state index >= 15 is 0 Å². The molecule has 0 aliphatic rings. The molecule has 22 heavy (non-hydrogen) atoms. The zero-order chi connectivity index (χ0) is 16.3. The van der Waals surface area contributed by atoms with Gasteiger partial charge in [0.05, 0.1) is 4.90 Å². The van der Waals surface area contributed by atoms with Gasteiger partial charge in [-0.25, -0.2) is 13.1 Å². The minimum Gasteiger partial charge on any atom is -0.399 e. The van der Waals surface area contributed by atoms with E-state index in [4.69, 9.17) is 5.73 Å². The molecule has 4 nitrogen and oxygen atoms in total. The number of hydrogen-bond acceptors (Lipinski definition) is 3. The van der Waals surface area contributed by atoms with Crippen LogP contribution >= 0.6 is 0 Å². The summed E-state index contributed by atoms with van der Waals surface area (Å²) in [5, 5.41) is 0. The Hall–Kier alpha value is -1.85. The van der Waals surface area contributed by atoms with Crippen molar-refractivity contribution in [2.45, 2.75) is 32.1 Å². The second-order valence-corrected chi connectivity index (χ2v) is 7.32. The third kappa shape index (κ3) is 3.87. The number of nitrogen functional groups attached to an aromatic ring is 1. The fourth-order valence-electron chi connectivity index (χ4n) is 2.68. The molecule has 0 spiro atoms. The van der Waals surface area contributed by atoms with Gasteiger partial charge in [0.2, 0.25) is 10.0 Å². The molecule has 2 aromatic rings. The maximum Gasteiger partial charge on any atom is 0.241 e. The normalized spacial score (nSPS) is 11.6. The molecule has 2 aromatic carbocycles. The molecule has 0 saturated carbocycles. The summed E-state index contributed by atoms with van der Waals surface area (Å²) in [7, 11) is -3.49. The quantitative estimate of drug-likeness (QED) is 0.833. The molecular formula is C17H22N2O2S. The van der Waals surface area contributed by atoms with Gasteiger partial charge < -0.3 is 5.73 Å². The van der Waals surface area contributed by atoms with Crippen molar-refractivity contribution in [3.8, 4) is 0 Å². The van der Waals surface area contributed by atoms with Gasteiger partial charge in [0.15, 0.2) is 0 Å². The minimum absolute atomic E-state index is 0.360. The molecule has 0 amide bonds. The van der Waals surface area contributed by atoms with Gasteiger partial charge >= 0.3 is 0 Å². The summed E-state index contributed by atoms with van der Waals surface area (Å²) in [6.07, 6.45) is 0.628. The first kappa shape index (κ1) is 16.5. The van der Waals surface area contributed by atoms with Crippen molar-refractivity contribution in [3.05, 3.63) is 58.7 Å². The number of aryl methyl sites for hydroxylation is 3. The standard InChI is InChI=1S/C17H22N2O2S/c1-12-10-13(2)17(14(3)11-12)22(20,21)19-9-8-15-4-6-16(18)7-5-15/h4-7,10-11,19H,8-9,18H2,1-3H3. The highest BCUT2D eigenvalue weighted by molar-refractivity contribution is 7.89. The van der Waals surface area contributed by atoms with Crippen LogP contribution in [0.4, 0.5) is 5.69 Å². The zero-order valence-electron chi connectivity index (χ0n) is 13.2. The smallest absolute Gasteiger partial charge is 0.241 e. The second kappa shape index (κ2) is 6.50. The van der Waals surface area contributed by atoms with Crippen LogP contribution in [0.25, 0.3) is 0 Å². The molecule has 118 valence electrons. The van der Waals surface area contributed by atoms with Crippen molar-refractivity contribution < 1.29 is 8.42 Å². The van der Waals surface area contributed by atoms with Crippen LogP contribution in [0.5, 0.6) is 0 Å². The summed E-state index contributed by atoms with van der Waals surface area (Å²) >= 11 is 0. The molecule has 5 heteroatoms. The zero-order valence-corrected chi connectivity index (χ0v) is 14.0. The first-order valence-electron chi connectivity index (χ1n) is 7.21. The fraction of sp³-hybridized carbons (Fsp3) is 0.294. The molecule has 0 bridgehead atoms. The summed E-state index contributed by atoms with van der Waals surface area (Å²) in [4.78, 5) is 0.385.